The Morgan fingerprint density at radius 1 is 1.19 bits per heavy atom. The van der Waals surface area contributed by atoms with E-state index in [1.807, 2.05) is 19.9 Å². The predicted molar refractivity (Wildman–Crippen MR) is 68.0 cm³/mol. The van der Waals surface area contributed by atoms with Crippen LogP contribution in [0.5, 0.6) is 0 Å². The van der Waals surface area contributed by atoms with E-state index in [-0.39, 0.29) is 6.29 Å². The molecule has 0 aliphatic carbocycles. The maximum absolute atomic E-state index is 5.44. The smallest absolute Gasteiger partial charge is 0.157 e. The number of allylic oxidation sites excluding steroid dienone is 3. The first kappa shape index (κ1) is 15.0. The van der Waals surface area contributed by atoms with E-state index in [1.54, 1.807) is 6.08 Å². The Kier molecular flexibility index (Phi) is 11.2. The van der Waals surface area contributed by atoms with Crippen molar-refractivity contribution < 1.29 is 9.47 Å². The largest absolute Gasteiger partial charge is 0.353 e. The second-order valence-corrected chi connectivity index (χ2v) is 3.17. The first-order valence-electron chi connectivity index (χ1n) is 5.85. The summed E-state index contributed by atoms with van der Waals surface area (Å²) in [6.45, 7) is 8.88. The van der Waals surface area contributed by atoms with Crippen LogP contribution in [0, 0.1) is 11.8 Å². The fourth-order valence-electron chi connectivity index (χ4n) is 1.24. The predicted octanol–water partition coefficient (Wildman–Crippen LogP) is 3.30. The van der Waals surface area contributed by atoms with Crippen LogP contribution in [0.3, 0.4) is 0 Å². The van der Waals surface area contributed by atoms with Crippen LogP contribution in [-0.2, 0) is 9.47 Å². The molecule has 2 heteroatoms. The van der Waals surface area contributed by atoms with Gasteiger partial charge in [0.1, 0.15) is 0 Å². The Hall–Kier alpha value is -1.04. The minimum atomic E-state index is -0.0531. The van der Waals surface area contributed by atoms with Crippen LogP contribution in [0.1, 0.15) is 33.1 Å². The third kappa shape index (κ3) is 9.51. The standard InChI is InChI=1S/C14H22O2/c1-4-7-8-9-10-11-12-13-14(15-5-2)16-6-3/h4,9-10,14H,1,5-6,11-13H2,2-3H3/b10-9+. The molecule has 0 radical (unpaired) electrons. The summed E-state index contributed by atoms with van der Waals surface area (Å²) in [5.74, 6) is 5.63. The molecule has 0 heterocycles. The van der Waals surface area contributed by atoms with Gasteiger partial charge in [-0.25, -0.2) is 0 Å². The number of rotatable bonds is 8. The lowest BCUT2D eigenvalue weighted by molar-refractivity contribution is -0.139. The highest BCUT2D eigenvalue weighted by Gasteiger charge is 2.05. The number of hydrogen-bond donors (Lipinski definition) is 0. The zero-order valence-electron chi connectivity index (χ0n) is 10.4. The van der Waals surface area contributed by atoms with E-state index < -0.39 is 0 Å². The summed E-state index contributed by atoms with van der Waals surface area (Å²) in [6.07, 6.45) is 8.44. The SMILES string of the molecule is C=CC#C/C=C/CCCC(OCC)OCC. The summed E-state index contributed by atoms with van der Waals surface area (Å²) in [4.78, 5) is 0. The molecule has 0 aromatic heterocycles. The molecule has 0 unspecified atom stereocenters. The molecule has 0 spiro atoms. The molecular formula is C14H22O2. The number of ether oxygens (including phenoxy) is 2. The lowest BCUT2D eigenvalue weighted by atomic mass is 10.2. The average Bonchev–Trinajstić information content (AvgIpc) is 2.28. The molecule has 0 aromatic rings. The van der Waals surface area contributed by atoms with Crippen molar-refractivity contribution in [3.63, 3.8) is 0 Å². The molecular weight excluding hydrogens is 200 g/mol. The molecule has 0 atom stereocenters. The third-order valence-electron chi connectivity index (χ3n) is 1.90. The van der Waals surface area contributed by atoms with E-state index in [9.17, 15) is 0 Å². The summed E-state index contributed by atoms with van der Waals surface area (Å²) in [5, 5.41) is 0. The third-order valence-corrected chi connectivity index (χ3v) is 1.90. The van der Waals surface area contributed by atoms with Crippen LogP contribution in [0.15, 0.2) is 24.8 Å². The van der Waals surface area contributed by atoms with Gasteiger partial charge >= 0.3 is 0 Å². The summed E-state index contributed by atoms with van der Waals surface area (Å²) in [6, 6.07) is 0. The summed E-state index contributed by atoms with van der Waals surface area (Å²) in [7, 11) is 0. The van der Waals surface area contributed by atoms with Crippen molar-refractivity contribution in [2.75, 3.05) is 13.2 Å². The van der Waals surface area contributed by atoms with Crippen LogP contribution >= 0.6 is 0 Å². The van der Waals surface area contributed by atoms with Gasteiger partial charge in [-0.3, -0.25) is 0 Å². The molecule has 0 fully saturated rings. The van der Waals surface area contributed by atoms with Crippen molar-refractivity contribution in [3.8, 4) is 11.8 Å². The van der Waals surface area contributed by atoms with E-state index in [0.717, 1.165) is 19.3 Å². The monoisotopic (exact) mass is 222 g/mol. The van der Waals surface area contributed by atoms with Gasteiger partial charge in [0.05, 0.1) is 0 Å². The van der Waals surface area contributed by atoms with E-state index in [1.165, 1.54) is 0 Å². The normalized spacial score (nSPS) is 10.4. The van der Waals surface area contributed by atoms with Gasteiger partial charge in [-0.1, -0.05) is 24.5 Å². The molecule has 0 aliphatic heterocycles. The van der Waals surface area contributed by atoms with Crippen molar-refractivity contribution in [2.24, 2.45) is 0 Å². The molecule has 0 aromatic carbocycles. The first-order chi connectivity index (χ1) is 7.85. The maximum Gasteiger partial charge on any atom is 0.157 e. The Morgan fingerprint density at radius 3 is 2.44 bits per heavy atom. The van der Waals surface area contributed by atoms with Crippen LogP contribution in [0.4, 0.5) is 0 Å². The van der Waals surface area contributed by atoms with Gasteiger partial charge < -0.3 is 9.47 Å². The molecule has 90 valence electrons. The van der Waals surface area contributed by atoms with E-state index in [0.29, 0.717) is 13.2 Å². The van der Waals surface area contributed by atoms with Crippen LogP contribution in [0.2, 0.25) is 0 Å². The van der Waals surface area contributed by atoms with Gasteiger partial charge in [0.2, 0.25) is 0 Å². The van der Waals surface area contributed by atoms with Gasteiger partial charge in [-0.2, -0.15) is 0 Å². The van der Waals surface area contributed by atoms with Crippen molar-refractivity contribution in [3.05, 3.63) is 24.8 Å². The summed E-state index contributed by atoms with van der Waals surface area (Å²) >= 11 is 0. The molecule has 0 bridgehead atoms. The number of unbranched alkanes of at least 4 members (excludes halogenated alkanes) is 1. The molecule has 16 heavy (non-hydrogen) atoms. The van der Waals surface area contributed by atoms with Crippen molar-refractivity contribution in [2.45, 2.75) is 39.4 Å². The molecule has 0 saturated carbocycles. The van der Waals surface area contributed by atoms with E-state index in [4.69, 9.17) is 9.47 Å². The van der Waals surface area contributed by atoms with Gasteiger partial charge in [-0.05, 0) is 45.3 Å². The molecule has 0 saturated heterocycles. The quantitative estimate of drug-likeness (QED) is 0.356. The zero-order valence-corrected chi connectivity index (χ0v) is 10.4. The summed E-state index contributed by atoms with van der Waals surface area (Å²) < 4.78 is 10.9. The lowest BCUT2D eigenvalue weighted by Crippen LogP contribution is -2.16. The molecule has 0 aliphatic rings. The van der Waals surface area contributed by atoms with Crippen molar-refractivity contribution in [1.29, 1.82) is 0 Å². The van der Waals surface area contributed by atoms with E-state index >= 15 is 0 Å². The van der Waals surface area contributed by atoms with Crippen LogP contribution in [0.25, 0.3) is 0 Å². The molecule has 0 amide bonds. The van der Waals surface area contributed by atoms with Gasteiger partial charge in [0.25, 0.3) is 0 Å². The minimum absolute atomic E-state index is 0.0531. The Bertz CT molecular complexity index is 239. The summed E-state index contributed by atoms with van der Waals surface area (Å²) in [5.41, 5.74) is 0. The Morgan fingerprint density at radius 2 is 1.88 bits per heavy atom. The van der Waals surface area contributed by atoms with Crippen molar-refractivity contribution >= 4 is 0 Å². The van der Waals surface area contributed by atoms with Gasteiger partial charge in [-0.15, -0.1) is 0 Å². The number of hydrogen-bond acceptors (Lipinski definition) is 2. The Labute approximate surface area is 99.3 Å². The fraction of sp³-hybridized carbons (Fsp3) is 0.571. The highest BCUT2D eigenvalue weighted by Crippen LogP contribution is 2.07. The molecule has 0 N–H and O–H groups in total. The van der Waals surface area contributed by atoms with Gasteiger partial charge in [0, 0.05) is 13.2 Å². The van der Waals surface area contributed by atoms with E-state index in [2.05, 4.69) is 24.5 Å². The first-order valence-corrected chi connectivity index (χ1v) is 5.85. The fourth-order valence-corrected chi connectivity index (χ4v) is 1.24. The topological polar surface area (TPSA) is 18.5 Å². The van der Waals surface area contributed by atoms with Crippen LogP contribution in [-0.4, -0.2) is 19.5 Å². The average molecular weight is 222 g/mol. The van der Waals surface area contributed by atoms with Crippen molar-refractivity contribution in [1.82, 2.24) is 0 Å². The molecule has 0 rings (SSSR count). The highest BCUT2D eigenvalue weighted by atomic mass is 16.7. The highest BCUT2D eigenvalue weighted by molar-refractivity contribution is 5.21. The van der Waals surface area contributed by atoms with Crippen LogP contribution < -0.4 is 0 Å². The Balaban J connectivity index is 3.60. The maximum atomic E-state index is 5.44. The second kappa shape index (κ2) is 12.0. The van der Waals surface area contributed by atoms with Gasteiger partial charge in [0.15, 0.2) is 6.29 Å². The molecule has 2 nitrogen and oxygen atoms in total. The minimum Gasteiger partial charge on any atom is -0.353 e. The lowest BCUT2D eigenvalue weighted by Gasteiger charge is -2.15. The second-order valence-electron chi connectivity index (χ2n) is 3.17. The zero-order chi connectivity index (χ0) is 12.1.